The number of aliphatic carboxylic acids is 1. The van der Waals surface area contributed by atoms with E-state index in [1.807, 2.05) is 31.2 Å². The quantitative estimate of drug-likeness (QED) is 0.759. The van der Waals surface area contributed by atoms with Gasteiger partial charge < -0.3 is 5.11 Å². The van der Waals surface area contributed by atoms with Crippen molar-refractivity contribution in [1.29, 1.82) is 0 Å². The predicted octanol–water partition coefficient (Wildman–Crippen LogP) is 3.55. The van der Waals surface area contributed by atoms with E-state index in [9.17, 15) is 18.3 Å². The van der Waals surface area contributed by atoms with Gasteiger partial charge in [0.1, 0.15) is 0 Å². The minimum atomic E-state index is -3.50. The zero-order valence-corrected chi connectivity index (χ0v) is 17.5. The number of rotatable bonds is 7. The van der Waals surface area contributed by atoms with Crippen molar-refractivity contribution in [3.63, 3.8) is 0 Å². The van der Waals surface area contributed by atoms with E-state index >= 15 is 0 Å². The first-order valence-electron chi connectivity index (χ1n) is 8.97. The van der Waals surface area contributed by atoms with Crippen molar-refractivity contribution in [3.05, 3.63) is 35.4 Å². The molecule has 0 aromatic heterocycles. The van der Waals surface area contributed by atoms with Crippen LogP contribution in [0.5, 0.6) is 0 Å². The highest BCUT2D eigenvalue weighted by atomic mass is 32.2. The van der Waals surface area contributed by atoms with Gasteiger partial charge in [-0.2, -0.15) is 16.1 Å². The minimum Gasteiger partial charge on any atom is -0.481 e. The molecule has 0 radical (unpaired) electrons. The van der Waals surface area contributed by atoms with Crippen LogP contribution in [0.3, 0.4) is 0 Å². The highest BCUT2D eigenvalue weighted by Crippen LogP contribution is 2.41. The van der Waals surface area contributed by atoms with Gasteiger partial charge in [-0.05, 0) is 37.0 Å². The van der Waals surface area contributed by atoms with Crippen LogP contribution in [0.25, 0.3) is 0 Å². The summed E-state index contributed by atoms with van der Waals surface area (Å²) in [4.78, 5) is 11.8. The van der Waals surface area contributed by atoms with Crippen LogP contribution >= 0.6 is 11.8 Å². The maximum atomic E-state index is 12.3. The van der Waals surface area contributed by atoms with Gasteiger partial charge in [-0.3, -0.25) is 4.79 Å². The Morgan fingerprint density at radius 3 is 2.42 bits per heavy atom. The monoisotopic (exact) mass is 399 g/mol. The maximum absolute atomic E-state index is 12.3. The molecule has 26 heavy (non-hydrogen) atoms. The van der Waals surface area contributed by atoms with Crippen LogP contribution in [-0.4, -0.2) is 47.6 Å². The second-order valence-electron chi connectivity index (χ2n) is 7.53. The number of hydrogen-bond acceptors (Lipinski definition) is 4. The first-order chi connectivity index (χ1) is 12.1. The number of carboxylic acids is 1. The molecule has 1 aliphatic rings. The Hall–Kier alpha value is -1.05. The molecule has 7 heteroatoms. The van der Waals surface area contributed by atoms with Crippen molar-refractivity contribution in [3.8, 4) is 0 Å². The van der Waals surface area contributed by atoms with Gasteiger partial charge in [0.05, 0.1) is 18.2 Å². The largest absolute Gasteiger partial charge is 0.481 e. The topological polar surface area (TPSA) is 74.7 Å². The van der Waals surface area contributed by atoms with E-state index in [-0.39, 0.29) is 17.8 Å². The fourth-order valence-corrected chi connectivity index (χ4v) is 6.04. The van der Waals surface area contributed by atoms with E-state index in [2.05, 4.69) is 13.8 Å². The molecule has 2 rings (SSSR count). The number of sulfonamides is 1. The van der Waals surface area contributed by atoms with Crippen molar-refractivity contribution in [2.24, 2.45) is 11.8 Å². The van der Waals surface area contributed by atoms with Gasteiger partial charge in [-0.25, -0.2) is 8.42 Å². The van der Waals surface area contributed by atoms with Gasteiger partial charge in [0.2, 0.25) is 10.0 Å². The molecule has 3 atom stereocenters. The molecule has 1 heterocycles. The van der Waals surface area contributed by atoms with E-state index in [1.54, 1.807) is 11.8 Å². The molecule has 1 aromatic carbocycles. The fraction of sp³-hybridized carbons (Fsp3) is 0.632. The maximum Gasteiger partial charge on any atom is 0.308 e. The van der Waals surface area contributed by atoms with Crippen molar-refractivity contribution >= 4 is 27.8 Å². The lowest BCUT2D eigenvalue weighted by atomic mass is 9.90. The number of thioether (sulfide) groups is 1. The summed E-state index contributed by atoms with van der Waals surface area (Å²) in [6, 6.07) is 7.54. The van der Waals surface area contributed by atoms with Crippen LogP contribution in [0.2, 0.25) is 0 Å². The molecule has 5 nitrogen and oxygen atoms in total. The molecular weight excluding hydrogens is 370 g/mol. The number of carboxylic acid groups (broad SMARTS) is 1. The summed E-state index contributed by atoms with van der Waals surface area (Å²) in [6.07, 6.45) is 2.72. The summed E-state index contributed by atoms with van der Waals surface area (Å²) in [5, 5.41) is 9.57. The molecule has 1 saturated heterocycles. The van der Waals surface area contributed by atoms with Crippen molar-refractivity contribution in [2.45, 2.75) is 44.9 Å². The molecule has 1 aromatic rings. The number of benzene rings is 1. The van der Waals surface area contributed by atoms with E-state index in [4.69, 9.17) is 0 Å². The SMILES string of the molecule is Cc1ccc([C@@H]2C[C@@H](SCCC(C)C)[C@H](C(=O)O)CN2S(C)(=O)=O)cc1. The summed E-state index contributed by atoms with van der Waals surface area (Å²) < 4.78 is 26.1. The summed E-state index contributed by atoms with van der Waals surface area (Å²) in [5.41, 5.74) is 2.04. The van der Waals surface area contributed by atoms with E-state index in [0.717, 1.165) is 23.3 Å². The molecule has 0 spiro atoms. The third-order valence-electron chi connectivity index (χ3n) is 4.86. The second kappa shape index (κ2) is 8.76. The molecule has 146 valence electrons. The summed E-state index contributed by atoms with van der Waals surface area (Å²) in [6.45, 7) is 6.32. The van der Waals surface area contributed by atoms with Crippen molar-refractivity contribution in [1.82, 2.24) is 4.31 Å². The zero-order chi connectivity index (χ0) is 19.5. The molecule has 1 N–H and O–H groups in total. The van der Waals surface area contributed by atoms with E-state index in [1.165, 1.54) is 10.6 Å². The number of hydrogen-bond donors (Lipinski definition) is 1. The molecule has 1 aliphatic heterocycles. The van der Waals surface area contributed by atoms with Crippen molar-refractivity contribution < 1.29 is 18.3 Å². The first-order valence-corrected chi connectivity index (χ1v) is 11.9. The first kappa shape index (κ1) is 21.3. The number of nitrogens with zero attached hydrogens (tertiary/aromatic N) is 1. The lowest BCUT2D eigenvalue weighted by Crippen LogP contribution is -2.49. The Labute approximate surface area is 161 Å². The molecule has 0 saturated carbocycles. The summed E-state index contributed by atoms with van der Waals surface area (Å²) in [7, 11) is -3.50. The van der Waals surface area contributed by atoms with E-state index < -0.39 is 21.9 Å². The van der Waals surface area contributed by atoms with Crippen LogP contribution in [0.1, 0.15) is 43.9 Å². The predicted molar refractivity (Wildman–Crippen MR) is 107 cm³/mol. The van der Waals surface area contributed by atoms with Crippen LogP contribution in [0.4, 0.5) is 0 Å². The number of piperidine rings is 1. The van der Waals surface area contributed by atoms with Gasteiger partial charge in [0.25, 0.3) is 0 Å². The van der Waals surface area contributed by atoms with Gasteiger partial charge in [0.15, 0.2) is 0 Å². The van der Waals surface area contributed by atoms with Crippen molar-refractivity contribution in [2.75, 3.05) is 18.6 Å². The average molecular weight is 400 g/mol. The Morgan fingerprint density at radius 1 is 1.31 bits per heavy atom. The fourth-order valence-electron chi connectivity index (χ4n) is 3.27. The highest BCUT2D eigenvalue weighted by Gasteiger charge is 2.43. The Bertz CT molecular complexity index is 716. The normalized spacial score (nSPS) is 24.7. The Kier molecular flexibility index (Phi) is 7.16. The van der Waals surface area contributed by atoms with Crippen LogP contribution in [-0.2, 0) is 14.8 Å². The lowest BCUT2D eigenvalue weighted by molar-refractivity contribution is -0.143. The van der Waals surface area contributed by atoms with Crippen LogP contribution in [0.15, 0.2) is 24.3 Å². The molecule has 0 aliphatic carbocycles. The molecule has 0 unspecified atom stereocenters. The van der Waals surface area contributed by atoms with Crippen LogP contribution in [0, 0.1) is 18.8 Å². The second-order valence-corrected chi connectivity index (χ2v) is 10.8. The number of aryl methyl sites for hydroxylation is 1. The summed E-state index contributed by atoms with van der Waals surface area (Å²) in [5.74, 6) is -0.132. The van der Waals surface area contributed by atoms with E-state index in [0.29, 0.717) is 12.3 Å². The molecule has 0 amide bonds. The lowest BCUT2D eigenvalue weighted by Gasteiger charge is -2.41. The third kappa shape index (κ3) is 5.47. The third-order valence-corrected chi connectivity index (χ3v) is 7.54. The summed E-state index contributed by atoms with van der Waals surface area (Å²) >= 11 is 1.67. The van der Waals surface area contributed by atoms with Gasteiger partial charge in [0, 0.05) is 11.8 Å². The molecule has 1 fully saturated rings. The molecule has 0 bridgehead atoms. The zero-order valence-electron chi connectivity index (χ0n) is 15.9. The van der Waals surface area contributed by atoms with Gasteiger partial charge in [-0.1, -0.05) is 43.7 Å². The smallest absolute Gasteiger partial charge is 0.308 e. The van der Waals surface area contributed by atoms with Crippen LogP contribution < -0.4 is 0 Å². The van der Waals surface area contributed by atoms with Gasteiger partial charge >= 0.3 is 5.97 Å². The van der Waals surface area contributed by atoms with Gasteiger partial charge in [-0.15, -0.1) is 0 Å². The standard InChI is InChI=1S/C19H29NO4S2/c1-13(2)9-10-25-18-11-17(15-7-5-14(3)6-8-15)20(26(4,23)24)12-16(18)19(21)22/h5-8,13,16-18H,9-12H2,1-4H3,(H,21,22)/t16-,17+,18-/m1/s1. The molecular formula is C19H29NO4S2. The Morgan fingerprint density at radius 2 is 1.92 bits per heavy atom. The Balaban J connectivity index is 2.30. The number of carbonyl (C=O) groups is 1. The average Bonchev–Trinajstić information content (AvgIpc) is 2.53. The minimum absolute atomic E-state index is 0.0338. The highest BCUT2D eigenvalue weighted by molar-refractivity contribution is 7.99.